The summed E-state index contributed by atoms with van der Waals surface area (Å²) in [7, 11) is 0. The third-order valence-corrected chi connectivity index (χ3v) is 6.78. The van der Waals surface area contributed by atoms with Crippen molar-refractivity contribution in [1.82, 2.24) is 0 Å². The Kier molecular flexibility index (Phi) is 7.15. The number of nitrogens with one attached hydrogen (secondary N) is 1. The summed E-state index contributed by atoms with van der Waals surface area (Å²) in [6, 6.07) is 13.8. The maximum absolute atomic E-state index is 13.9. The zero-order valence-electron chi connectivity index (χ0n) is 21.8. The summed E-state index contributed by atoms with van der Waals surface area (Å²) in [6.07, 6.45) is -4.66. The molecule has 12 heteroatoms. The molecule has 1 aliphatic heterocycles. The zero-order valence-corrected chi connectivity index (χ0v) is 22.6. The Morgan fingerprint density at radius 2 is 1.64 bits per heavy atom. The Labute approximate surface area is 241 Å². The van der Waals surface area contributed by atoms with Crippen LogP contribution in [0, 0.1) is 19.7 Å². The van der Waals surface area contributed by atoms with Crippen LogP contribution in [0.1, 0.15) is 32.6 Å². The van der Waals surface area contributed by atoms with Gasteiger partial charge in [-0.05, 0) is 85.1 Å². The number of hydrogen-bond donors (Lipinski definition) is 3. The number of alkyl halides is 3. The number of carbonyl (C=O) groups excluding carboxylic acids is 1. The minimum Gasteiger partial charge on any atom is -0.505 e. The lowest BCUT2D eigenvalue weighted by Gasteiger charge is -2.19. The summed E-state index contributed by atoms with van der Waals surface area (Å²) in [6.45, 7) is 3.58. The Bertz CT molecular complexity index is 1800. The average molecular weight is 598 g/mol. The van der Waals surface area contributed by atoms with Gasteiger partial charge in [0.1, 0.15) is 17.3 Å². The van der Waals surface area contributed by atoms with Crippen LogP contribution >= 0.6 is 11.6 Å². The van der Waals surface area contributed by atoms with Gasteiger partial charge in [0.15, 0.2) is 5.71 Å². The summed E-state index contributed by atoms with van der Waals surface area (Å²) in [5.41, 5.74) is 2.85. The van der Waals surface area contributed by atoms with Gasteiger partial charge in [-0.3, -0.25) is 15.1 Å². The van der Waals surface area contributed by atoms with E-state index in [1.807, 2.05) is 6.07 Å². The number of anilines is 3. The molecule has 0 aliphatic carbocycles. The third kappa shape index (κ3) is 5.26. The molecule has 4 aromatic rings. The highest BCUT2D eigenvalue weighted by molar-refractivity contribution is 6.55. The van der Waals surface area contributed by atoms with E-state index in [4.69, 9.17) is 11.6 Å². The van der Waals surface area contributed by atoms with E-state index in [1.54, 1.807) is 26.0 Å². The number of nitrogens with zero attached hydrogens (tertiary/aromatic N) is 2. The molecule has 214 valence electrons. The summed E-state index contributed by atoms with van der Waals surface area (Å²) >= 11 is 6.23. The van der Waals surface area contributed by atoms with E-state index in [0.717, 1.165) is 46.4 Å². The van der Waals surface area contributed by atoms with Crippen LogP contribution in [0.25, 0.3) is 11.1 Å². The zero-order chi connectivity index (χ0) is 30.5. The Hall–Kier alpha value is -4.90. The van der Waals surface area contributed by atoms with Crippen molar-refractivity contribution in [3.8, 4) is 16.9 Å². The molecular formula is C30H20ClF4N3O4. The number of rotatable bonds is 5. The van der Waals surface area contributed by atoms with E-state index in [2.05, 4.69) is 10.5 Å². The first-order chi connectivity index (χ1) is 19.7. The topological polar surface area (TPSA) is 102 Å². The van der Waals surface area contributed by atoms with Crippen molar-refractivity contribution in [3.63, 3.8) is 0 Å². The smallest absolute Gasteiger partial charge is 0.416 e. The van der Waals surface area contributed by atoms with Gasteiger partial charge in [-0.1, -0.05) is 23.7 Å². The Morgan fingerprint density at radius 1 is 0.952 bits per heavy atom. The van der Waals surface area contributed by atoms with Gasteiger partial charge >= 0.3 is 12.1 Å². The average Bonchev–Trinajstić information content (AvgIpc) is 3.18. The molecule has 3 N–H and O–H groups in total. The van der Waals surface area contributed by atoms with Crippen molar-refractivity contribution in [1.29, 1.82) is 0 Å². The van der Waals surface area contributed by atoms with Crippen LogP contribution in [0.2, 0.25) is 5.02 Å². The number of aromatic hydroxyl groups is 1. The highest BCUT2D eigenvalue weighted by atomic mass is 35.5. The minimum atomic E-state index is -4.66. The van der Waals surface area contributed by atoms with E-state index >= 15 is 0 Å². The molecule has 1 aliphatic rings. The number of phenolic OH excluding ortho intramolecular Hbond substituents is 1. The molecule has 0 radical (unpaired) electrons. The highest BCUT2D eigenvalue weighted by Gasteiger charge is 2.39. The highest BCUT2D eigenvalue weighted by Crippen LogP contribution is 2.42. The summed E-state index contributed by atoms with van der Waals surface area (Å²) < 4.78 is 54.7. The first kappa shape index (κ1) is 28.6. The lowest BCUT2D eigenvalue weighted by atomic mass is 10.0. The molecule has 0 fully saturated rings. The van der Waals surface area contributed by atoms with Gasteiger partial charge in [-0.25, -0.2) is 9.18 Å². The van der Waals surface area contributed by atoms with Gasteiger partial charge in [0.25, 0.3) is 5.91 Å². The van der Waals surface area contributed by atoms with E-state index < -0.39 is 40.7 Å². The Morgan fingerprint density at radius 3 is 2.29 bits per heavy atom. The second kappa shape index (κ2) is 10.5. The number of aromatic carboxylic acids is 1. The van der Waals surface area contributed by atoms with Gasteiger partial charge < -0.3 is 10.2 Å². The second-order valence-corrected chi connectivity index (χ2v) is 10.1. The Balaban J connectivity index is 1.60. The fraction of sp³-hybridized carbons (Fsp3) is 0.100. The molecule has 5 rings (SSSR count). The fourth-order valence-corrected chi connectivity index (χ4v) is 4.96. The normalized spacial score (nSPS) is 13.9. The predicted octanol–water partition coefficient (Wildman–Crippen LogP) is 7.68. The van der Waals surface area contributed by atoms with Crippen LogP contribution < -0.4 is 10.3 Å². The maximum Gasteiger partial charge on any atom is 0.416 e. The quantitative estimate of drug-likeness (QED) is 0.124. The molecule has 1 amide bonds. The first-order valence-corrected chi connectivity index (χ1v) is 12.7. The van der Waals surface area contributed by atoms with Gasteiger partial charge in [-0.2, -0.15) is 18.3 Å². The number of amides is 1. The van der Waals surface area contributed by atoms with Crippen molar-refractivity contribution >= 4 is 46.3 Å². The van der Waals surface area contributed by atoms with E-state index in [-0.39, 0.29) is 38.8 Å². The van der Waals surface area contributed by atoms with Crippen LogP contribution in [0.4, 0.5) is 34.6 Å². The predicted molar refractivity (Wildman–Crippen MR) is 150 cm³/mol. The first-order valence-electron chi connectivity index (χ1n) is 12.3. The molecule has 0 bridgehead atoms. The standard InChI is InChI=1S/C30H20ClF4N3O4/c1-14-7-15(2)9-19(8-14)38-25-11-17(30(33,34)35)4-5-20(25)26(28(38)40)37-36-24-13-18(31)12-21(27(24)39)16-3-6-23(32)22(10-16)29(41)42/h3-13,36,39H,1-2H3,(H,41,42). The number of carbonyl (C=O) groups is 2. The van der Waals surface area contributed by atoms with Crippen molar-refractivity contribution in [2.24, 2.45) is 5.10 Å². The number of benzene rings is 4. The number of aryl methyl sites for hydroxylation is 2. The van der Waals surface area contributed by atoms with E-state index in [9.17, 15) is 37.4 Å². The molecule has 0 spiro atoms. The molecule has 0 saturated carbocycles. The van der Waals surface area contributed by atoms with Crippen LogP contribution in [0.15, 0.2) is 71.8 Å². The number of carboxylic acid groups (broad SMARTS) is 1. The van der Waals surface area contributed by atoms with Gasteiger partial charge in [0.05, 0.1) is 16.8 Å². The summed E-state index contributed by atoms with van der Waals surface area (Å²) in [5, 5.41) is 24.5. The lowest BCUT2D eigenvalue weighted by Crippen LogP contribution is -2.26. The SMILES string of the molecule is Cc1cc(C)cc(N2C(=O)C(=NNc3cc(Cl)cc(-c4ccc(F)c(C(=O)O)c4)c3O)c3ccc(C(F)(F)F)cc32)c1. The van der Waals surface area contributed by atoms with E-state index in [1.165, 1.54) is 18.2 Å². The van der Waals surface area contributed by atoms with Crippen molar-refractivity contribution in [2.45, 2.75) is 20.0 Å². The van der Waals surface area contributed by atoms with Crippen LogP contribution in [0.5, 0.6) is 5.75 Å². The minimum absolute atomic E-state index is 0.0242. The van der Waals surface area contributed by atoms with E-state index in [0.29, 0.717) is 5.69 Å². The van der Waals surface area contributed by atoms with Crippen molar-refractivity contribution < 1.29 is 37.4 Å². The molecule has 7 nitrogen and oxygen atoms in total. The van der Waals surface area contributed by atoms with Gasteiger partial charge in [0, 0.05) is 21.8 Å². The molecule has 1 heterocycles. The second-order valence-electron chi connectivity index (χ2n) is 9.64. The number of phenols is 1. The van der Waals surface area contributed by atoms with Crippen LogP contribution in [-0.2, 0) is 11.0 Å². The number of halogens is 5. The fourth-order valence-electron chi connectivity index (χ4n) is 4.75. The number of carboxylic acids is 1. The lowest BCUT2D eigenvalue weighted by molar-refractivity contribution is -0.137. The molecule has 0 atom stereocenters. The monoisotopic (exact) mass is 597 g/mol. The molecule has 0 unspecified atom stereocenters. The van der Waals surface area contributed by atoms with Crippen LogP contribution in [0.3, 0.4) is 0 Å². The van der Waals surface area contributed by atoms with Crippen molar-refractivity contribution in [2.75, 3.05) is 10.3 Å². The van der Waals surface area contributed by atoms with Gasteiger partial charge in [-0.15, -0.1) is 0 Å². The van der Waals surface area contributed by atoms with Gasteiger partial charge in [0.2, 0.25) is 0 Å². The molecule has 0 saturated heterocycles. The third-order valence-electron chi connectivity index (χ3n) is 6.56. The van der Waals surface area contributed by atoms with Crippen molar-refractivity contribution in [3.05, 3.63) is 105 Å². The maximum atomic E-state index is 13.9. The number of hydrogen-bond acceptors (Lipinski definition) is 5. The molecular weight excluding hydrogens is 578 g/mol. The number of fused-ring (bicyclic) bond motifs is 1. The number of hydrazone groups is 1. The molecule has 4 aromatic carbocycles. The largest absolute Gasteiger partial charge is 0.505 e. The molecule has 0 aromatic heterocycles. The summed E-state index contributed by atoms with van der Waals surface area (Å²) in [4.78, 5) is 26.2. The van der Waals surface area contributed by atoms with Crippen LogP contribution in [-0.4, -0.2) is 27.8 Å². The molecule has 42 heavy (non-hydrogen) atoms. The summed E-state index contributed by atoms with van der Waals surface area (Å²) in [5.74, 6) is -3.65.